The van der Waals surface area contributed by atoms with Crippen LogP contribution in [0.25, 0.3) is 11.3 Å². The minimum atomic E-state index is -4.85. The third kappa shape index (κ3) is 3.98. The van der Waals surface area contributed by atoms with Crippen LogP contribution in [0, 0.1) is 5.92 Å². The van der Waals surface area contributed by atoms with Crippen LogP contribution in [0.4, 0.5) is 13.2 Å². The zero-order valence-electron chi connectivity index (χ0n) is 13.2. The van der Waals surface area contributed by atoms with Crippen LogP contribution in [0.3, 0.4) is 0 Å². The second-order valence-corrected chi connectivity index (χ2v) is 5.88. The van der Waals surface area contributed by atoms with Crippen molar-refractivity contribution >= 4 is 11.9 Å². The lowest BCUT2D eigenvalue weighted by Gasteiger charge is -2.32. The van der Waals surface area contributed by atoms with Gasteiger partial charge in [-0.2, -0.15) is 0 Å². The Labute approximate surface area is 145 Å². The fourth-order valence-corrected chi connectivity index (χ4v) is 2.68. The number of furan rings is 1. The number of aliphatic carboxylic acids is 1. The molecule has 0 radical (unpaired) electrons. The highest BCUT2D eigenvalue weighted by Gasteiger charge is 2.36. The number of rotatable bonds is 5. The minimum absolute atomic E-state index is 0.0482. The van der Waals surface area contributed by atoms with Gasteiger partial charge in [-0.1, -0.05) is 12.1 Å². The number of amides is 1. The predicted molar refractivity (Wildman–Crippen MR) is 82.4 cm³/mol. The van der Waals surface area contributed by atoms with Crippen LogP contribution < -0.4 is 10.1 Å². The number of carbonyl (C=O) groups is 2. The molecule has 6 nitrogen and oxygen atoms in total. The summed E-state index contributed by atoms with van der Waals surface area (Å²) >= 11 is 0. The number of carboxylic acids is 1. The number of alkyl halides is 3. The molecule has 2 N–H and O–H groups in total. The maximum atomic E-state index is 12.5. The van der Waals surface area contributed by atoms with Gasteiger partial charge in [-0.15, -0.1) is 13.2 Å². The average molecular weight is 369 g/mol. The average Bonchev–Trinajstić information content (AvgIpc) is 2.98. The van der Waals surface area contributed by atoms with Crippen LogP contribution >= 0.6 is 0 Å². The Morgan fingerprint density at radius 3 is 2.50 bits per heavy atom. The third-order valence-corrected chi connectivity index (χ3v) is 4.03. The van der Waals surface area contributed by atoms with Crippen molar-refractivity contribution in [1.82, 2.24) is 5.32 Å². The molecule has 2 aromatic rings. The van der Waals surface area contributed by atoms with Crippen LogP contribution in [0.1, 0.15) is 23.4 Å². The van der Waals surface area contributed by atoms with E-state index in [1.54, 1.807) is 0 Å². The van der Waals surface area contributed by atoms with Crippen molar-refractivity contribution < 1.29 is 37.0 Å². The number of para-hydroxylation sites is 1. The van der Waals surface area contributed by atoms with E-state index in [0.29, 0.717) is 12.8 Å². The number of benzene rings is 1. The Kier molecular flexibility index (Phi) is 4.62. The first kappa shape index (κ1) is 17.8. The zero-order chi connectivity index (χ0) is 18.9. The molecule has 1 aliphatic carbocycles. The number of nitrogens with one attached hydrogen (secondary N) is 1. The molecule has 0 bridgehead atoms. The first-order chi connectivity index (χ1) is 12.2. The van der Waals surface area contributed by atoms with Crippen LogP contribution in [-0.4, -0.2) is 29.4 Å². The summed E-state index contributed by atoms with van der Waals surface area (Å²) in [4.78, 5) is 22.9. The summed E-state index contributed by atoms with van der Waals surface area (Å²) < 4.78 is 46.8. The molecule has 138 valence electrons. The van der Waals surface area contributed by atoms with Crippen LogP contribution in [-0.2, 0) is 4.79 Å². The van der Waals surface area contributed by atoms with Gasteiger partial charge in [0.2, 0.25) is 0 Å². The molecular formula is C17H14F3NO5. The monoisotopic (exact) mass is 369 g/mol. The van der Waals surface area contributed by atoms with Crippen molar-refractivity contribution in [2.45, 2.75) is 25.2 Å². The highest BCUT2D eigenvalue weighted by atomic mass is 19.4. The molecule has 1 heterocycles. The van der Waals surface area contributed by atoms with Gasteiger partial charge >= 0.3 is 12.3 Å². The van der Waals surface area contributed by atoms with Gasteiger partial charge in [0, 0.05) is 6.04 Å². The van der Waals surface area contributed by atoms with E-state index in [4.69, 9.17) is 9.52 Å². The SMILES string of the molecule is O=C(NC1CC(C(=O)O)C1)c1ccc(-c2ccccc2OC(F)(F)F)o1. The van der Waals surface area contributed by atoms with E-state index in [1.807, 2.05) is 0 Å². The molecule has 26 heavy (non-hydrogen) atoms. The molecule has 3 rings (SSSR count). The van der Waals surface area contributed by atoms with Crippen molar-refractivity contribution in [2.75, 3.05) is 0 Å². The Hall–Kier alpha value is -2.97. The van der Waals surface area contributed by atoms with E-state index in [2.05, 4.69) is 10.1 Å². The molecule has 0 saturated heterocycles. The third-order valence-electron chi connectivity index (χ3n) is 4.03. The molecular weight excluding hydrogens is 355 g/mol. The van der Waals surface area contributed by atoms with E-state index >= 15 is 0 Å². The quantitative estimate of drug-likeness (QED) is 0.843. The predicted octanol–water partition coefficient (Wildman–Crippen LogP) is 3.44. The van der Waals surface area contributed by atoms with E-state index < -0.39 is 29.9 Å². The lowest BCUT2D eigenvalue weighted by Crippen LogP contribution is -2.46. The first-order valence-electron chi connectivity index (χ1n) is 7.71. The number of carboxylic acid groups (broad SMARTS) is 1. The highest BCUT2D eigenvalue weighted by molar-refractivity contribution is 5.92. The second-order valence-electron chi connectivity index (χ2n) is 5.88. The lowest BCUT2D eigenvalue weighted by molar-refractivity contribution is -0.274. The van der Waals surface area contributed by atoms with Crippen molar-refractivity contribution in [3.05, 3.63) is 42.2 Å². The van der Waals surface area contributed by atoms with E-state index in [1.165, 1.54) is 30.3 Å². The number of halogens is 3. The molecule has 0 spiro atoms. The summed E-state index contributed by atoms with van der Waals surface area (Å²) in [5.41, 5.74) is 0.0541. The van der Waals surface area contributed by atoms with Crippen LogP contribution in [0.15, 0.2) is 40.8 Å². The highest BCUT2D eigenvalue weighted by Crippen LogP contribution is 2.35. The Bertz CT molecular complexity index is 824. The lowest BCUT2D eigenvalue weighted by atomic mass is 9.80. The van der Waals surface area contributed by atoms with Gasteiger partial charge in [-0.3, -0.25) is 9.59 Å². The van der Waals surface area contributed by atoms with Crippen molar-refractivity contribution in [1.29, 1.82) is 0 Å². The Balaban J connectivity index is 1.70. The molecule has 1 saturated carbocycles. The fourth-order valence-electron chi connectivity index (χ4n) is 2.68. The normalized spacial score (nSPS) is 19.5. The van der Waals surface area contributed by atoms with Gasteiger partial charge in [-0.05, 0) is 37.1 Å². The molecule has 1 amide bonds. The second kappa shape index (κ2) is 6.74. The molecule has 1 aliphatic rings. The largest absolute Gasteiger partial charge is 0.573 e. The van der Waals surface area contributed by atoms with Gasteiger partial charge in [0.1, 0.15) is 11.5 Å². The summed E-state index contributed by atoms with van der Waals surface area (Å²) in [6, 6.07) is 7.86. The van der Waals surface area contributed by atoms with Gasteiger partial charge < -0.3 is 19.6 Å². The van der Waals surface area contributed by atoms with Gasteiger partial charge in [0.25, 0.3) is 5.91 Å². The smallest absolute Gasteiger partial charge is 0.481 e. The fraction of sp³-hybridized carbons (Fsp3) is 0.294. The molecule has 1 aromatic heterocycles. The summed E-state index contributed by atoms with van der Waals surface area (Å²) in [7, 11) is 0. The Morgan fingerprint density at radius 2 is 1.85 bits per heavy atom. The Morgan fingerprint density at radius 1 is 1.15 bits per heavy atom. The molecule has 0 aliphatic heterocycles. The van der Waals surface area contributed by atoms with Crippen molar-refractivity contribution in [2.24, 2.45) is 5.92 Å². The van der Waals surface area contributed by atoms with E-state index in [9.17, 15) is 22.8 Å². The van der Waals surface area contributed by atoms with Crippen molar-refractivity contribution in [3.8, 4) is 17.1 Å². The summed E-state index contributed by atoms with van der Waals surface area (Å²) in [5, 5.41) is 11.4. The molecule has 1 aromatic carbocycles. The summed E-state index contributed by atoms with van der Waals surface area (Å²) in [5.74, 6) is -2.41. The number of ether oxygens (including phenoxy) is 1. The van der Waals surface area contributed by atoms with Gasteiger partial charge in [-0.25, -0.2) is 0 Å². The molecule has 0 atom stereocenters. The van der Waals surface area contributed by atoms with E-state index in [-0.39, 0.29) is 23.1 Å². The molecule has 1 fully saturated rings. The topological polar surface area (TPSA) is 88.8 Å². The summed E-state index contributed by atoms with van der Waals surface area (Å²) in [6.45, 7) is 0. The summed E-state index contributed by atoms with van der Waals surface area (Å²) in [6.07, 6.45) is -4.19. The maximum Gasteiger partial charge on any atom is 0.573 e. The standard InChI is InChI=1S/C17H14F3NO5/c18-17(19,20)26-13-4-2-1-3-11(13)12-5-6-14(25-12)15(22)21-10-7-9(8-10)16(23)24/h1-6,9-10H,7-8H2,(H,21,22)(H,23,24). The van der Waals surface area contributed by atoms with E-state index in [0.717, 1.165) is 6.07 Å². The zero-order valence-corrected chi connectivity index (χ0v) is 13.2. The minimum Gasteiger partial charge on any atom is -0.481 e. The number of carbonyl (C=O) groups excluding carboxylic acids is 1. The molecule has 0 unspecified atom stereocenters. The van der Waals surface area contributed by atoms with Crippen molar-refractivity contribution in [3.63, 3.8) is 0 Å². The van der Waals surface area contributed by atoms with Gasteiger partial charge in [0.15, 0.2) is 5.76 Å². The van der Waals surface area contributed by atoms with Gasteiger partial charge in [0.05, 0.1) is 11.5 Å². The number of hydrogen-bond acceptors (Lipinski definition) is 4. The van der Waals surface area contributed by atoms with Crippen LogP contribution in [0.5, 0.6) is 5.75 Å². The first-order valence-corrected chi connectivity index (χ1v) is 7.71. The number of hydrogen-bond donors (Lipinski definition) is 2. The maximum absolute atomic E-state index is 12.5. The van der Waals surface area contributed by atoms with Crippen LogP contribution in [0.2, 0.25) is 0 Å². The molecule has 9 heteroatoms.